The zero-order valence-electron chi connectivity index (χ0n) is 16.0. The average Bonchev–Trinajstić information content (AvgIpc) is 3.47. The summed E-state index contributed by atoms with van der Waals surface area (Å²) in [6.07, 6.45) is 2.91. The first-order valence-electron chi connectivity index (χ1n) is 8.97. The van der Waals surface area contributed by atoms with Gasteiger partial charge in [0.05, 0.1) is 18.6 Å². The van der Waals surface area contributed by atoms with Gasteiger partial charge in [-0.15, -0.1) is 10.2 Å². The standard InChI is InChI=1S/C20H19N5O3S/c1-13-5-7-15(8-6-13)25-14(2)23-24-20(25)29-12-18-22-17(11-28-18)19(26)21-10-16-4-3-9-27-16/h3-9,11H,10,12H2,1-2H3,(H,21,26). The molecule has 0 saturated carbocycles. The minimum atomic E-state index is -0.319. The molecule has 1 N–H and O–H groups in total. The Morgan fingerprint density at radius 1 is 1.14 bits per heavy atom. The summed E-state index contributed by atoms with van der Waals surface area (Å²) < 4.78 is 12.6. The van der Waals surface area contributed by atoms with Crippen molar-refractivity contribution in [1.29, 1.82) is 0 Å². The molecule has 0 aliphatic rings. The summed E-state index contributed by atoms with van der Waals surface area (Å²) in [5.74, 6) is 2.01. The maximum atomic E-state index is 12.2. The summed E-state index contributed by atoms with van der Waals surface area (Å²) in [5.41, 5.74) is 2.40. The van der Waals surface area contributed by atoms with Crippen LogP contribution in [0.2, 0.25) is 0 Å². The summed E-state index contributed by atoms with van der Waals surface area (Å²) in [4.78, 5) is 16.4. The van der Waals surface area contributed by atoms with Crippen LogP contribution in [0, 0.1) is 13.8 Å². The number of carbonyl (C=O) groups is 1. The predicted molar refractivity (Wildman–Crippen MR) is 107 cm³/mol. The van der Waals surface area contributed by atoms with E-state index >= 15 is 0 Å². The molecule has 29 heavy (non-hydrogen) atoms. The largest absolute Gasteiger partial charge is 0.467 e. The fourth-order valence-electron chi connectivity index (χ4n) is 2.71. The van der Waals surface area contributed by atoms with Crippen molar-refractivity contribution in [2.24, 2.45) is 0 Å². The number of hydrogen-bond donors (Lipinski definition) is 1. The fraction of sp³-hybridized carbons (Fsp3) is 0.200. The van der Waals surface area contributed by atoms with Gasteiger partial charge in [-0.3, -0.25) is 9.36 Å². The van der Waals surface area contributed by atoms with Crippen LogP contribution in [-0.4, -0.2) is 25.7 Å². The molecule has 148 valence electrons. The highest BCUT2D eigenvalue weighted by atomic mass is 32.2. The lowest BCUT2D eigenvalue weighted by molar-refractivity contribution is 0.0943. The Labute approximate surface area is 171 Å². The van der Waals surface area contributed by atoms with E-state index in [9.17, 15) is 4.79 Å². The van der Waals surface area contributed by atoms with Gasteiger partial charge >= 0.3 is 0 Å². The third-order valence-electron chi connectivity index (χ3n) is 4.20. The lowest BCUT2D eigenvalue weighted by Gasteiger charge is -2.08. The smallest absolute Gasteiger partial charge is 0.273 e. The Kier molecular flexibility index (Phi) is 5.48. The number of aromatic nitrogens is 4. The number of oxazole rings is 1. The molecule has 0 saturated heterocycles. The average molecular weight is 409 g/mol. The Bertz CT molecular complexity index is 1100. The summed E-state index contributed by atoms with van der Waals surface area (Å²) in [6, 6.07) is 11.7. The van der Waals surface area contributed by atoms with E-state index in [1.807, 2.05) is 42.7 Å². The van der Waals surface area contributed by atoms with Crippen molar-refractivity contribution in [3.05, 3.63) is 77.7 Å². The van der Waals surface area contributed by atoms with E-state index in [1.165, 1.54) is 23.6 Å². The van der Waals surface area contributed by atoms with Crippen LogP contribution in [0.15, 0.2) is 62.9 Å². The lowest BCUT2D eigenvalue weighted by Crippen LogP contribution is -2.22. The van der Waals surface area contributed by atoms with Crippen LogP contribution in [0.25, 0.3) is 5.69 Å². The highest BCUT2D eigenvalue weighted by Crippen LogP contribution is 2.25. The molecule has 0 spiro atoms. The van der Waals surface area contributed by atoms with E-state index in [0.717, 1.165) is 16.7 Å². The highest BCUT2D eigenvalue weighted by molar-refractivity contribution is 7.98. The van der Waals surface area contributed by atoms with Gasteiger partial charge in [0.25, 0.3) is 5.91 Å². The molecule has 9 heteroatoms. The maximum Gasteiger partial charge on any atom is 0.273 e. The predicted octanol–water partition coefficient (Wildman–Crippen LogP) is 3.69. The van der Waals surface area contributed by atoms with Crippen LogP contribution in [0.4, 0.5) is 0 Å². The Balaban J connectivity index is 1.40. The van der Waals surface area contributed by atoms with Crippen LogP contribution in [0.3, 0.4) is 0 Å². The number of nitrogens with one attached hydrogen (secondary N) is 1. The number of nitrogens with zero attached hydrogens (tertiary/aromatic N) is 4. The van der Waals surface area contributed by atoms with Crippen LogP contribution < -0.4 is 5.32 Å². The van der Waals surface area contributed by atoms with Crippen LogP contribution in [0.5, 0.6) is 0 Å². The Morgan fingerprint density at radius 2 is 1.97 bits per heavy atom. The lowest BCUT2D eigenvalue weighted by atomic mass is 10.2. The van der Waals surface area contributed by atoms with Crippen molar-refractivity contribution in [3.63, 3.8) is 0 Å². The second-order valence-electron chi connectivity index (χ2n) is 6.38. The van der Waals surface area contributed by atoms with Crippen molar-refractivity contribution in [2.45, 2.75) is 31.3 Å². The molecule has 1 amide bonds. The number of aryl methyl sites for hydroxylation is 2. The second kappa shape index (κ2) is 8.36. The van der Waals surface area contributed by atoms with Crippen LogP contribution in [-0.2, 0) is 12.3 Å². The summed E-state index contributed by atoms with van der Waals surface area (Å²) >= 11 is 1.44. The number of benzene rings is 1. The number of furan rings is 1. The van der Waals surface area contributed by atoms with Crippen molar-refractivity contribution in [1.82, 2.24) is 25.1 Å². The molecule has 4 aromatic rings. The van der Waals surface area contributed by atoms with Gasteiger partial charge in [0.1, 0.15) is 17.8 Å². The van der Waals surface area contributed by atoms with Gasteiger partial charge in [-0.05, 0) is 38.1 Å². The molecular formula is C20H19N5O3S. The first-order chi connectivity index (χ1) is 14.1. The summed E-state index contributed by atoms with van der Waals surface area (Å²) in [5, 5.41) is 11.9. The normalized spacial score (nSPS) is 11.0. The first-order valence-corrected chi connectivity index (χ1v) is 9.95. The van der Waals surface area contributed by atoms with E-state index in [-0.39, 0.29) is 11.6 Å². The number of thioether (sulfide) groups is 1. The number of carbonyl (C=O) groups excluding carboxylic acids is 1. The number of rotatable bonds is 7. The number of hydrogen-bond acceptors (Lipinski definition) is 7. The van der Waals surface area contributed by atoms with Crippen molar-refractivity contribution < 1.29 is 13.6 Å². The summed E-state index contributed by atoms with van der Waals surface area (Å²) in [7, 11) is 0. The van der Waals surface area contributed by atoms with Gasteiger partial charge in [-0.25, -0.2) is 4.98 Å². The summed E-state index contributed by atoms with van der Waals surface area (Å²) in [6.45, 7) is 4.24. The molecule has 3 aromatic heterocycles. The van der Waals surface area contributed by atoms with Crippen molar-refractivity contribution in [2.75, 3.05) is 0 Å². The molecular weight excluding hydrogens is 390 g/mol. The van der Waals surface area contributed by atoms with E-state index in [1.54, 1.807) is 18.4 Å². The Morgan fingerprint density at radius 3 is 2.72 bits per heavy atom. The molecule has 0 fully saturated rings. The molecule has 0 bridgehead atoms. The van der Waals surface area contributed by atoms with E-state index in [2.05, 4.69) is 20.5 Å². The van der Waals surface area contributed by atoms with Crippen LogP contribution >= 0.6 is 11.8 Å². The molecule has 1 aromatic carbocycles. The molecule has 3 heterocycles. The second-order valence-corrected chi connectivity index (χ2v) is 7.32. The fourth-order valence-corrected chi connectivity index (χ4v) is 3.56. The molecule has 8 nitrogen and oxygen atoms in total. The van der Waals surface area contributed by atoms with Gasteiger partial charge in [-0.2, -0.15) is 0 Å². The first kappa shape index (κ1) is 19.0. The van der Waals surface area contributed by atoms with E-state index in [0.29, 0.717) is 23.9 Å². The molecule has 4 rings (SSSR count). The minimum Gasteiger partial charge on any atom is -0.467 e. The topological polar surface area (TPSA) is 99.0 Å². The van der Waals surface area contributed by atoms with Gasteiger partial charge < -0.3 is 14.2 Å². The number of amides is 1. The van der Waals surface area contributed by atoms with Crippen molar-refractivity contribution >= 4 is 17.7 Å². The van der Waals surface area contributed by atoms with E-state index < -0.39 is 0 Å². The molecule has 0 atom stereocenters. The maximum absolute atomic E-state index is 12.2. The Hall–Kier alpha value is -3.33. The molecule has 0 aliphatic heterocycles. The third-order valence-corrected chi connectivity index (χ3v) is 5.11. The third kappa shape index (κ3) is 4.40. The quantitative estimate of drug-likeness (QED) is 0.465. The minimum absolute atomic E-state index is 0.225. The zero-order valence-corrected chi connectivity index (χ0v) is 16.8. The van der Waals surface area contributed by atoms with Gasteiger partial charge in [0, 0.05) is 5.69 Å². The van der Waals surface area contributed by atoms with Gasteiger partial charge in [0.2, 0.25) is 5.89 Å². The van der Waals surface area contributed by atoms with Crippen LogP contribution in [0.1, 0.15) is 33.5 Å². The zero-order chi connectivity index (χ0) is 20.2. The molecule has 0 radical (unpaired) electrons. The molecule has 0 unspecified atom stereocenters. The highest BCUT2D eigenvalue weighted by Gasteiger charge is 2.16. The van der Waals surface area contributed by atoms with Gasteiger partial charge in [0.15, 0.2) is 10.9 Å². The SMILES string of the molecule is Cc1ccc(-n2c(C)nnc2SCc2nc(C(=O)NCc3ccco3)co2)cc1. The van der Waals surface area contributed by atoms with Gasteiger partial charge in [-0.1, -0.05) is 29.5 Å². The monoisotopic (exact) mass is 409 g/mol. The van der Waals surface area contributed by atoms with E-state index in [4.69, 9.17) is 8.83 Å². The molecule has 0 aliphatic carbocycles. The van der Waals surface area contributed by atoms with Crippen molar-refractivity contribution in [3.8, 4) is 5.69 Å².